The van der Waals surface area contributed by atoms with E-state index >= 15 is 0 Å². The van der Waals surface area contributed by atoms with Crippen LogP contribution < -0.4 is 4.90 Å². The van der Waals surface area contributed by atoms with Crippen molar-refractivity contribution in [3.63, 3.8) is 0 Å². The van der Waals surface area contributed by atoms with Crippen molar-refractivity contribution in [2.24, 2.45) is 0 Å². The third-order valence-electron chi connectivity index (χ3n) is 4.79. The number of morpholine rings is 1. The Labute approximate surface area is 137 Å². The Morgan fingerprint density at radius 1 is 1.26 bits per heavy atom. The molecular formula is C17H27FN4O. The zero-order chi connectivity index (χ0) is 16.4. The Hall–Kier alpha value is -1.27. The Balaban J connectivity index is 1.73. The normalized spacial score (nSPS) is 29.2. The summed E-state index contributed by atoms with van der Waals surface area (Å²) < 4.78 is 20.4. The van der Waals surface area contributed by atoms with Gasteiger partial charge >= 0.3 is 0 Å². The summed E-state index contributed by atoms with van der Waals surface area (Å²) in [6.07, 6.45) is 4.78. The number of hydrogen-bond donors (Lipinski definition) is 0. The third-order valence-corrected chi connectivity index (χ3v) is 4.79. The minimum atomic E-state index is -0.245. The summed E-state index contributed by atoms with van der Waals surface area (Å²) in [5.74, 6) is 0.235. The minimum Gasteiger partial charge on any atom is -0.373 e. The van der Waals surface area contributed by atoms with Gasteiger partial charge in [0.2, 0.25) is 0 Å². The van der Waals surface area contributed by atoms with Gasteiger partial charge in [0, 0.05) is 32.2 Å². The van der Waals surface area contributed by atoms with Crippen molar-refractivity contribution in [1.29, 1.82) is 0 Å². The Kier molecular flexibility index (Phi) is 5.11. The molecule has 23 heavy (non-hydrogen) atoms. The summed E-state index contributed by atoms with van der Waals surface area (Å²) in [6.45, 7) is 9.87. The number of nitrogens with zero attached hydrogens (tertiary/aromatic N) is 4. The maximum absolute atomic E-state index is 14.6. The fourth-order valence-electron chi connectivity index (χ4n) is 3.88. The van der Waals surface area contributed by atoms with Crippen molar-refractivity contribution in [3.05, 3.63) is 17.8 Å². The summed E-state index contributed by atoms with van der Waals surface area (Å²) >= 11 is 0. The van der Waals surface area contributed by atoms with E-state index in [4.69, 9.17) is 4.74 Å². The molecule has 3 heterocycles. The van der Waals surface area contributed by atoms with Crippen LogP contribution >= 0.6 is 0 Å². The fraction of sp³-hybridized carbons (Fsp3) is 0.765. The van der Waals surface area contributed by atoms with E-state index in [0.29, 0.717) is 24.0 Å². The summed E-state index contributed by atoms with van der Waals surface area (Å²) in [5.41, 5.74) is 0.509. The first-order valence-electron chi connectivity index (χ1n) is 8.72. The SMILES string of the molecule is CCc1ncnc(N2CCC[C@@H]2CN2C[C@@H](C)O[C@H](C)C2)c1F. The van der Waals surface area contributed by atoms with Gasteiger partial charge in [0.15, 0.2) is 11.6 Å². The quantitative estimate of drug-likeness (QED) is 0.850. The molecule has 128 valence electrons. The van der Waals surface area contributed by atoms with Gasteiger partial charge in [-0.25, -0.2) is 14.4 Å². The van der Waals surface area contributed by atoms with E-state index in [-0.39, 0.29) is 18.0 Å². The van der Waals surface area contributed by atoms with Crippen molar-refractivity contribution in [2.45, 2.75) is 58.3 Å². The largest absolute Gasteiger partial charge is 0.373 e. The van der Waals surface area contributed by atoms with Gasteiger partial charge in [-0.2, -0.15) is 0 Å². The number of ether oxygens (including phenoxy) is 1. The Bertz CT molecular complexity index is 531. The van der Waals surface area contributed by atoms with E-state index in [1.54, 1.807) is 0 Å². The molecule has 0 N–H and O–H groups in total. The zero-order valence-corrected chi connectivity index (χ0v) is 14.3. The molecule has 0 amide bonds. The van der Waals surface area contributed by atoms with Crippen LogP contribution in [0.1, 0.15) is 39.3 Å². The topological polar surface area (TPSA) is 41.5 Å². The van der Waals surface area contributed by atoms with Crippen molar-refractivity contribution < 1.29 is 9.13 Å². The lowest BCUT2D eigenvalue weighted by atomic mass is 10.1. The third kappa shape index (κ3) is 3.63. The van der Waals surface area contributed by atoms with Crippen molar-refractivity contribution >= 4 is 5.82 Å². The van der Waals surface area contributed by atoms with Gasteiger partial charge in [0.05, 0.1) is 17.9 Å². The van der Waals surface area contributed by atoms with Gasteiger partial charge in [-0.15, -0.1) is 0 Å². The molecule has 0 aromatic carbocycles. The Morgan fingerprint density at radius 2 is 2.00 bits per heavy atom. The monoisotopic (exact) mass is 322 g/mol. The maximum atomic E-state index is 14.6. The lowest BCUT2D eigenvalue weighted by Crippen LogP contribution is -2.50. The molecule has 3 rings (SSSR count). The molecule has 0 aliphatic carbocycles. The highest BCUT2D eigenvalue weighted by molar-refractivity contribution is 5.43. The molecular weight excluding hydrogens is 295 g/mol. The molecule has 6 heteroatoms. The van der Waals surface area contributed by atoms with Gasteiger partial charge in [0.1, 0.15) is 6.33 Å². The van der Waals surface area contributed by atoms with E-state index in [1.807, 2.05) is 6.92 Å². The van der Waals surface area contributed by atoms with Gasteiger partial charge in [-0.05, 0) is 33.1 Å². The predicted molar refractivity (Wildman–Crippen MR) is 88.2 cm³/mol. The number of anilines is 1. The first-order chi connectivity index (χ1) is 11.1. The number of halogens is 1. The second-order valence-corrected chi connectivity index (χ2v) is 6.78. The summed E-state index contributed by atoms with van der Waals surface area (Å²) in [4.78, 5) is 12.9. The highest BCUT2D eigenvalue weighted by Gasteiger charge is 2.32. The molecule has 1 aromatic rings. The molecule has 0 bridgehead atoms. The van der Waals surface area contributed by atoms with Crippen LogP contribution in [0.4, 0.5) is 10.2 Å². The standard InChI is InChI=1S/C17H27FN4O/c1-4-15-16(18)17(20-11-19-15)22-7-5-6-14(22)10-21-8-12(2)23-13(3)9-21/h11-14H,4-10H2,1-3H3/t12-,13-,14-/m1/s1. The highest BCUT2D eigenvalue weighted by Crippen LogP contribution is 2.28. The summed E-state index contributed by atoms with van der Waals surface area (Å²) in [5, 5.41) is 0. The molecule has 3 atom stereocenters. The van der Waals surface area contributed by atoms with Gasteiger partial charge in [-0.3, -0.25) is 4.90 Å². The maximum Gasteiger partial charge on any atom is 0.187 e. The number of rotatable bonds is 4. The van der Waals surface area contributed by atoms with E-state index < -0.39 is 0 Å². The molecule has 0 spiro atoms. The fourth-order valence-corrected chi connectivity index (χ4v) is 3.88. The van der Waals surface area contributed by atoms with E-state index in [1.165, 1.54) is 6.33 Å². The Morgan fingerprint density at radius 3 is 2.70 bits per heavy atom. The van der Waals surface area contributed by atoms with Crippen LogP contribution in [0, 0.1) is 5.82 Å². The zero-order valence-electron chi connectivity index (χ0n) is 14.3. The average molecular weight is 322 g/mol. The smallest absolute Gasteiger partial charge is 0.187 e. The van der Waals surface area contributed by atoms with Crippen LogP contribution in [0.15, 0.2) is 6.33 Å². The van der Waals surface area contributed by atoms with Crippen LogP contribution in [0.3, 0.4) is 0 Å². The lowest BCUT2D eigenvalue weighted by molar-refractivity contribution is -0.0690. The second kappa shape index (κ2) is 7.09. The minimum absolute atomic E-state index is 0.245. The van der Waals surface area contributed by atoms with Crippen molar-refractivity contribution in [2.75, 3.05) is 31.1 Å². The van der Waals surface area contributed by atoms with Crippen LogP contribution in [0.2, 0.25) is 0 Å². The predicted octanol–water partition coefficient (Wildman–Crippen LogP) is 2.26. The first-order valence-corrected chi connectivity index (χ1v) is 8.72. The molecule has 1 aromatic heterocycles. The van der Waals surface area contributed by atoms with E-state index in [2.05, 4.69) is 33.6 Å². The second-order valence-electron chi connectivity index (χ2n) is 6.78. The average Bonchev–Trinajstić information content (AvgIpc) is 2.94. The van der Waals surface area contributed by atoms with Crippen molar-refractivity contribution in [3.8, 4) is 0 Å². The molecule has 5 nitrogen and oxygen atoms in total. The first kappa shape index (κ1) is 16.6. The molecule has 0 radical (unpaired) electrons. The van der Waals surface area contributed by atoms with E-state index in [0.717, 1.165) is 39.0 Å². The highest BCUT2D eigenvalue weighted by atomic mass is 19.1. The lowest BCUT2D eigenvalue weighted by Gasteiger charge is -2.38. The molecule has 2 fully saturated rings. The molecule has 2 saturated heterocycles. The van der Waals surface area contributed by atoms with Crippen molar-refractivity contribution in [1.82, 2.24) is 14.9 Å². The molecule has 0 unspecified atom stereocenters. The summed E-state index contributed by atoms with van der Waals surface area (Å²) in [7, 11) is 0. The molecule has 0 saturated carbocycles. The van der Waals surface area contributed by atoms with Crippen LogP contribution in [0.25, 0.3) is 0 Å². The molecule has 2 aliphatic heterocycles. The number of aryl methyl sites for hydroxylation is 1. The van der Waals surface area contributed by atoms with E-state index in [9.17, 15) is 4.39 Å². The van der Waals surface area contributed by atoms with Gasteiger partial charge < -0.3 is 9.64 Å². The van der Waals surface area contributed by atoms with Crippen LogP contribution in [0.5, 0.6) is 0 Å². The molecule has 2 aliphatic rings. The van der Waals surface area contributed by atoms with Gasteiger partial charge in [0.25, 0.3) is 0 Å². The van der Waals surface area contributed by atoms with Gasteiger partial charge in [-0.1, -0.05) is 6.92 Å². The van der Waals surface area contributed by atoms with Crippen LogP contribution in [-0.2, 0) is 11.2 Å². The van der Waals surface area contributed by atoms with Crippen LogP contribution in [-0.4, -0.2) is 59.3 Å². The number of aromatic nitrogens is 2. The summed E-state index contributed by atoms with van der Waals surface area (Å²) in [6, 6.07) is 0.321. The number of hydrogen-bond acceptors (Lipinski definition) is 5.